The second-order valence-corrected chi connectivity index (χ2v) is 2.01. The fourth-order valence-corrected chi connectivity index (χ4v) is 0.719. The van der Waals surface area contributed by atoms with Crippen molar-refractivity contribution < 1.29 is 13.6 Å². The molecule has 0 spiro atoms. The van der Waals surface area contributed by atoms with E-state index < -0.39 is 7.04 Å². The van der Waals surface area contributed by atoms with E-state index in [0.717, 1.165) is 0 Å². The van der Waals surface area contributed by atoms with Gasteiger partial charge in [-0.05, 0) is 30.2 Å². The summed E-state index contributed by atoms with van der Waals surface area (Å²) < 4.78 is 25.3. The Morgan fingerprint density at radius 2 is 2.25 bits per heavy atom. The first-order valence-corrected chi connectivity index (χ1v) is 3.25. The summed E-state index contributed by atoms with van der Waals surface area (Å²) in [6.45, 7) is 0. The summed E-state index contributed by atoms with van der Waals surface area (Å²) in [5.74, 6) is 5.06. The molecule has 2 heteroatoms. The predicted octanol–water partition coefficient (Wildman–Crippen LogP) is 1.25. The molecule has 0 N–H and O–H groups in total. The van der Waals surface area contributed by atoms with Gasteiger partial charge in [0.15, 0.2) is 6.29 Å². The molecule has 2 nitrogen and oxygen atoms in total. The number of rotatable bonds is 1. The fourth-order valence-electron chi connectivity index (χ4n) is 0.719. The Morgan fingerprint density at radius 3 is 2.83 bits per heavy atom. The van der Waals surface area contributed by atoms with Gasteiger partial charge < -0.3 is 4.74 Å². The smallest absolute Gasteiger partial charge is 0.193 e. The Hall–Kier alpha value is -1.75. The van der Waals surface area contributed by atoms with Crippen molar-refractivity contribution in [3.63, 3.8) is 0 Å². The van der Waals surface area contributed by atoms with Crippen molar-refractivity contribution in [1.29, 1.82) is 0 Å². The molecule has 0 aliphatic rings. The Kier molecular flexibility index (Phi) is 1.75. The van der Waals surface area contributed by atoms with E-state index in [1.165, 1.54) is 12.1 Å². The minimum absolute atomic E-state index is 0.242. The van der Waals surface area contributed by atoms with Crippen molar-refractivity contribution in [3.8, 4) is 17.6 Å². The van der Waals surface area contributed by atoms with Crippen LogP contribution in [0.5, 0.6) is 5.75 Å². The topological polar surface area (TPSA) is 26.3 Å². The zero-order valence-corrected chi connectivity index (χ0v) is 6.20. The third-order valence-electron chi connectivity index (χ3n) is 1.25. The number of carbonyl (C=O) groups is 1. The SMILES string of the molecule is [2H]C([2H])([2H])Oc1ccc(C#CC=O)cc1. The lowest BCUT2D eigenvalue weighted by Crippen LogP contribution is -1.81. The van der Waals surface area contributed by atoms with Gasteiger partial charge in [-0.15, -0.1) is 0 Å². The molecule has 1 rings (SSSR count). The Morgan fingerprint density at radius 1 is 1.50 bits per heavy atom. The average Bonchev–Trinajstić information content (AvgIpc) is 2.14. The highest BCUT2D eigenvalue weighted by Crippen LogP contribution is 2.09. The maximum Gasteiger partial charge on any atom is 0.193 e. The fraction of sp³-hybridized carbons (Fsp3) is 0.100. The number of hydrogen-bond donors (Lipinski definition) is 0. The lowest BCUT2D eigenvalue weighted by molar-refractivity contribution is -0.103. The molecule has 1 aromatic rings. The van der Waals surface area contributed by atoms with Crippen LogP contribution in [0, 0.1) is 11.8 Å². The van der Waals surface area contributed by atoms with Gasteiger partial charge in [-0.2, -0.15) is 0 Å². The van der Waals surface area contributed by atoms with Gasteiger partial charge in [0.2, 0.25) is 0 Å². The zero-order chi connectivity index (χ0) is 11.3. The molecule has 0 amide bonds. The molecule has 0 aliphatic heterocycles. The van der Waals surface area contributed by atoms with E-state index in [0.29, 0.717) is 11.8 Å². The van der Waals surface area contributed by atoms with Crippen molar-refractivity contribution in [3.05, 3.63) is 29.8 Å². The van der Waals surface area contributed by atoms with Gasteiger partial charge >= 0.3 is 0 Å². The first-order chi connectivity index (χ1) is 7.01. The molecule has 1 aromatic carbocycles. The second-order valence-electron chi connectivity index (χ2n) is 2.01. The molecule has 0 saturated carbocycles. The Bertz CT molecular complexity index is 395. The molecular formula is C10H8O2. The van der Waals surface area contributed by atoms with E-state index in [1.807, 2.05) is 0 Å². The van der Waals surface area contributed by atoms with E-state index >= 15 is 0 Å². The van der Waals surface area contributed by atoms with Gasteiger partial charge in [-0.3, -0.25) is 4.79 Å². The van der Waals surface area contributed by atoms with Gasteiger partial charge in [0, 0.05) is 5.56 Å². The summed E-state index contributed by atoms with van der Waals surface area (Å²) in [5.41, 5.74) is 0.625. The molecule has 0 fully saturated rings. The molecule has 0 aliphatic carbocycles. The van der Waals surface area contributed by atoms with Crippen LogP contribution in [0.2, 0.25) is 0 Å². The largest absolute Gasteiger partial charge is 0.497 e. The van der Waals surface area contributed by atoms with Crippen LogP contribution in [-0.4, -0.2) is 13.3 Å². The van der Waals surface area contributed by atoms with E-state index in [4.69, 9.17) is 4.11 Å². The van der Waals surface area contributed by atoms with Crippen LogP contribution in [-0.2, 0) is 4.79 Å². The monoisotopic (exact) mass is 163 g/mol. The average molecular weight is 163 g/mol. The van der Waals surface area contributed by atoms with Crippen molar-refractivity contribution in [2.24, 2.45) is 0 Å². The summed E-state index contributed by atoms with van der Waals surface area (Å²) in [4.78, 5) is 9.96. The molecule has 0 radical (unpaired) electrons. The second kappa shape index (κ2) is 4.20. The van der Waals surface area contributed by atoms with Crippen LogP contribution >= 0.6 is 0 Å². The predicted molar refractivity (Wildman–Crippen MR) is 45.9 cm³/mol. The quantitative estimate of drug-likeness (QED) is 0.460. The van der Waals surface area contributed by atoms with E-state index in [-0.39, 0.29) is 5.75 Å². The van der Waals surface area contributed by atoms with Gasteiger partial charge in [0.05, 0.1) is 11.2 Å². The minimum Gasteiger partial charge on any atom is -0.497 e. The van der Waals surface area contributed by atoms with Crippen molar-refractivity contribution >= 4 is 6.29 Å². The zero-order valence-electron chi connectivity index (χ0n) is 9.20. The van der Waals surface area contributed by atoms with Crippen molar-refractivity contribution in [1.82, 2.24) is 0 Å². The first-order valence-electron chi connectivity index (χ1n) is 4.75. The van der Waals surface area contributed by atoms with Crippen LogP contribution in [0.4, 0.5) is 0 Å². The van der Waals surface area contributed by atoms with Crippen LogP contribution in [0.1, 0.15) is 9.68 Å². The number of methoxy groups -OCH3 is 1. The lowest BCUT2D eigenvalue weighted by Gasteiger charge is -1.96. The summed E-state index contributed by atoms with van der Waals surface area (Å²) in [7, 11) is -2.45. The van der Waals surface area contributed by atoms with Gasteiger partial charge in [-0.25, -0.2) is 0 Å². The number of hydrogen-bond acceptors (Lipinski definition) is 2. The highest BCUT2D eigenvalue weighted by molar-refractivity contribution is 5.73. The normalized spacial score (nSPS) is 12.8. The molecule has 0 atom stereocenters. The molecule has 0 unspecified atom stereocenters. The van der Waals surface area contributed by atoms with E-state index in [9.17, 15) is 4.79 Å². The van der Waals surface area contributed by atoms with Gasteiger partial charge in [0.25, 0.3) is 0 Å². The number of ether oxygens (including phenoxy) is 1. The molecule has 0 bridgehead atoms. The van der Waals surface area contributed by atoms with Crippen molar-refractivity contribution in [2.75, 3.05) is 7.04 Å². The summed E-state index contributed by atoms with van der Waals surface area (Å²) in [6.07, 6.45) is 0.493. The summed E-state index contributed by atoms with van der Waals surface area (Å²) in [6, 6.07) is 6.14. The first kappa shape index (κ1) is 5.00. The van der Waals surface area contributed by atoms with Crippen LogP contribution in [0.25, 0.3) is 0 Å². The van der Waals surface area contributed by atoms with Gasteiger partial charge in [-0.1, -0.05) is 5.92 Å². The highest BCUT2D eigenvalue weighted by Gasteiger charge is 1.88. The minimum atomic E-state index is -2.45. The van der Waals surface area contributed by atoms with E-state index in [2.05, 4.69) is 16.6 Å². The highest BCUT2D eigenvalue weighted by atomic mass is 16.5. The van der Waals surface area contributed by atoms with Gasteiger partial charge in [0.1, 0.15) is 5.75 Å². The Balaban J connectivity index is 2.77. The molecule has 12 heavy (non-hydrogen) atoms. The number of aldehydes is 1. The molecule has 60 valence electrons. The third kappa shape index (κ3) is 2.14. The molecule has 0 saturated heterocycles. The summed E-state index contributed by atoms with van der Waals surface area (Å²) in [5, 5.41) is 0. The molecule has 0 aromatic heterocycles. The maximum absolute atomic E-state index is 9.96. The number of carbonyl (C=O) groups excluding carboxylic acids is 1. The van der Waals surface area contributed by atoms with Crippen LogP contribution < -0.4 is 4.74 Å². The van der Waals surface area contributed by atoms with Crippen molar-refractivity contribution in [2.45, 2.75) is 0 Å². The molecular weight excluding hydrogens is 152 g/mol. The Labute approximate surface area is 75.4 Å². The lowest BCUT2D eigenvalue weighted by atomic mass is 10.2. The maximum atomic E-state index is 9.96. The standard InChI is InChI=1S/C10H8O2/c1-12-10-6-4-9(5-7-10)3-2-8-11/h4-8H,1H3/i1D3. The van der Waals surface area contributed by atoms with Crippen LogP contribution in [0.15, 0.2) is 24.3 Å². The summed E-state index contributed by atoms with van der Waals surface area (Å²) >= 11 is 0. The van der Waals surface area contributed by atoms with E-state index in [1.54, 1.807) is 12.1 Å². The number of benzene rings is 1. The third-order valence-corrected chi connectivity index (χ3v) is 1.25. The van der Waals surface area contributed by atoms with Crippen LogP contribution in [0.3, 0.4) is 0 Å². The molecule has 0 heterocycles.